The molecule has 0 aliphatic rings. The molecule has 18 heavy (non-hydrogen) atoms. The molecule has 3 N–H and O–H groups in total. The summed E-state index contributed by atoms with van der Waals surface area (Å²) >= 11 is 0. The number of nitrogens with two attached hydrogens (primary N) is 1. The van der Waals surface area contributed by atoms with Crippen LogP contribution in [0.15, 0.2) is 30.3 Å². The molecule has 0 aliphatic heterocycles. The first-order chi connectivity index (χ1) is 8.50. The molecule has 1 aromatic rings. The van der Waals surface area contributed by atoms with Gasteiger partial charge >= 0.3 is 0 Å². The van der Waals surface area contributed by atoms with E-state index in [4.69, 9.17) is 10.5 Å². The van der Waals surface area contributed by atoms with E-state index in [0.717, 1.165) is 5.56 Å². The number of rotatable bonds is 6. The highest BCUT2D eigenvalue weighted by Crippen LogP contribution is 2.14. The normalized spacial score (nSPS) is 13.7. The van der Waals surface area contributed by atoms with Crippen molar-refractivity contribution in [2.45, 2.75) is 18.9 Å². The van der Waals surface area contributed by atoms with Gasteiger partial charge in [-0.3, -0.25) is 9.59 Å². The van der Waals surface area contributed by atoms with Crippen LogP contribution in [-0.4, -0.2) is 31.1 Å². The maximum Gasteiger partial charge on any atom is 0.245 e. The van der Waals surface area contributed by atoms with Gasteiger partial charge in [0.25, 0.3) is 0 Å². The average molecular weight is 250 g/mol. The molecule has 0 saturated carbocycles. The predicted octanol–water partition coefficient (Wildman–Crippen LogP) is 0.236. The van der Waals surface area contributed by atoms with Crippen molar-refractivity contribution in [3.63, 3.8) is 0 Å². The molecule has 5 heteroatoms. The van der Waals surface area contributed by atoms with Crippen molar-refractivity contribution < 1.29 is 14.3 Å². The van der Waals surface area contributed by atoms with Gasteiger partial charge in [0, 0.05) is 20.5 Å². The first-order valence-electron chi connectivity index (χ1n) is 5.62. The summed E-state index contributed by atoms with van der Waals surface area (Å²) in [5, 5.41) is 2.60. The lowest BCUT2D eigenvalue weighted by atomic mass is 9.90. The van der Waals surface area contributed by atoms with Crippen molar-refractivity contribution in [3.05, 3.63) is 35.9 Å². The average Bonchev–Trinajstić information content (AvgIpc) is 2.29. The zero-order valence-corrected chi connectivity index (χ0v) is 10.6. The van der Waals surface area contributed by atoms with Crippen LogP contribution in [0.5, 0.6) is 0 Å². The van der Waals surface area contributed by atoms with E-state index in [1.165, 1.54) is 14.0 Å². The van der Waals surface area contributed by atoms with Gasteiger partial charge < -0.3 is 15.8 Å². The van der Waals surface area contributed by atoms with Gasteiger partial charge in [-0.25, -0.2) is 0 Å². The third-order valence-corrected chi connectivity index (χ3v) is 2.63. The summed E-state index contributed by atoms with van der Waals surface area (Å²) in [6, 6.07) is 9.35. The van der Waals surface area contributed by atoms with Gasteiger partial charge in [0.15, 0.2) is 0 Å². The molecule has 1 atom stereocenters. The van der Waals surface area contributed by atoms with Gasteiger partial charge in [0.2, 0.25) is 11.8 Å². The molecule has 1 rings (SSSR count). The third kappa shape index (κ3) is 3.56. The van der Waals surface area contributed by atoms with Gasteiger partial charge in [-0.15, -0.1) is 0 Å². The van der Waals surface area contributed by atoms with Crippen molar-refractivity contribution in [2.24, 2.45) is 5.73 Å². The second kappa shape index (κ2) is 6.16. The Morgan fingerprint density at radius 1 is 1.33 bits per heavy atom. The van der Waals surface area contributed by atoms with E-state index < -0.39 is 11.4 Å². The van der Waals surface area contributed by atoms with Crippen LogP contribution < -0.4 is 11.1 Å². The Hall–Kier alpha value is -1.88. The quantitative estimate of drug-likeness (QED) is 0.758. The largest absolute Gasteiger partial charge is 0.382 e. The van der Waals surface area contributed by atoms with Crippen molar-refractivity contribution >= 4 is 11.8 Å². The maximum atomic E-state index is 11.7. The lowest BCUT2D eigenvalue weighted by Crippen LogP contribution is -2.61. The highest BCUT2D eigenvalue weighted by Gasteiger charge is 2.37. The highest BCUT2D eigenvalue weighted by molar-refractivity contribution is 5.90. The summed E-state index contributed by atoms with van der Waals surface area (Å²) in [7, 11) is 1.46. The van der Waals surface area contributed by atoms with E-state index in [0.29, 0.717) is 6.42 Å². The molecule has 0 bridgehead atoms. The van der Waals surface area contributed by atoms with Crippen molar-refractivity contribution in [1.82, 2.24) is 5.32 Å². The van der Waals surface area contributed by atoms with Crippen molar-refractivity contribution in [3.8, 4) is 0 Å². The molecule has 5 nitrogen and oxygen atoms in total. The van der Waals surface area contributed by atoms with Crippen LogP contribution >= 0.6 is 0 Å². The van der Waals surface area contributed by atoms with Crippen LogP contribution in [0.4, 0.5) is 0 Å². The molecular formula is C13H18N2O3. The molecule has 0 aromatic heterocycles. The molecule has 1 unspecified atom stereocenters. The molecule has 1 aromatic carbocycles. The van der Waals surface area contributed by atoms with E-state index >= 15 is 0 Å². The van der Waals surface area contributed by atoms with E-state index in [2.05, 4.69) is 5.32 Å². The van der Waals surface area contributed by atoms with Crippen LogP contribution in [0, 0.1) is 0 Å². The number of hydrogen-bond donors (Lipinski definition) is 2. The second-order valence-corrected chi connectivity index (χ2v) is 4.22. The lowest BCUT2D eigenvalue weighted by Gasteiger charge is -2.30. The Morgan fingerprint density at radius 3 is 2.39 bits per heavy atom. The minimum Gasteiger partial charge on any atom is -0.382 e. The Kier molecular flexibility index (Phi) is 4.85. The second-order valence-electron chi connectivity index (χ2n) is 4.22. The summed E-state index contributed by atoms with van der Waals surface area (Å²) in [5.74, 6) is -0.926. The molecule has 0 saturated heterocycles. The minimum atomic E-state index is -1.21. The molecular weight excluding hydrogens is 232 g/mol. The van der Waals surface area contributed by atoms with Crippen molar-refractivity contribution in [2.75, 3.05) is 13.7 Å². The summed E-state index contributed by atoms with van der Waals surface area (Å²) in [4.78, 5) is 22.9. The summed E-state index contributed by atoms with van der Waals surface area (Å²) in [6.45, 7) is 1.38. The SMILES string of the molecule is COCC(Cc1ccccc1)(NC(C)=O)C(N)=O. The number of ether oxygens (including phenoxy) is 1. The fraction of sp³-hybridized carbons (Fsp3) is 0.385. The topological polar surface area (TPSA) is 81.4 Å². The molecule has 2 amide bonds. The van der Waals surface area contributed by atoms with E-state index in [1.54, 1.807) is 0 Å². The number of primary amides is 1. The highest BCUT2D eigenvalue weighted by atomic mass is 16.5. The van der Waals surface area contributed by atoms with Crippen LogP contribution in [0.25, 0.3) is 0 Å². The third-order valence-electron chi connectivity index (χ3n) is 2.63. The van der Waals surface area contributed by atoms with E-state index in [9.17, 15) is 9.59 Å². The van der Waals surface area contributed by atoms with E-state index in [1.807, 2.05) is 30.3 Å². The monoisotopic (exact) mass is 250 g/mol. The van der Waals surface area contributed by atoms with Gasteiger partial charge in [0.1, 0.15) is 5.54 Å². The predicted molar refractivity (Wildman–Crippen MR) is 67.8 cm³/mol. The number of nitrogens with one attached hydrogen (secondary N) is 1. The fourth-order valence-corrected chi connectivity index (χ4v) is 1.88. The molecule has 0 heterocycles. The summed E-state index contributed by atoms with van der Waals surface area (Å²) in [5.41, 5.74) is 5.12. The fourth-order valence-electron chi connectivity index (χ4n) is 1.88. The number of carbonyl (C=O) groups is 2. The Morgan fingerprint density at radius 2 is 1.94 bits per heavy atom. The van der Waals surface area contributed by atoms with E-state index in [-0.39, 0.29) is 12.5 Å². The summed E-state index contributed by atoms with van der Waals surface area (Å²) < 4.78 is 5.03. The van der Waals surface area contributed by atoms with Crippen LogP contribution in [0.3, 0.4) is 0 Å². The Bertz CT molecular complexity index is 420. The number of hydrogen-bond acceptors (Lipinski definition) is 3. The number of amides is 2. The number of benzene rings is 1. The van der Waals surface area contributed by atoms with Gasteiger partial charge in [0.05, 0.1) is 6.61 Å². The summed E-state index contributed by atoms with van der Waals surface area (Å²) in [6.07, 6.45) is 0.302. The van der Waals surface area contributed by atoms with Crippen LogP contribution in [0.1, 0.15) is 12.5 Å². The molecule has 0 aliphatic carbocycles. The van der Waals surface area contributed by atoms with Gasteiger partial charge in [-0.2, -0.15) is 0 Å². The minimum absolute atomic E-state index is 0.0385. The Labute approximate surface area is 106 Å². The lowest BCUT2D eigenvalue weighted by molar-refractivity contribution is -0.132. The smallest absolute Gasteiger partial charge is 0.245 e. The number of methoxy groups -OCH3 is 1. The zero-order chi connectivity index (χ0) is 13.6. The Balaban J connectivity index is 3.01. The molecule has 0 fully saturated rings. The standard InChI is InChI=1S/C13H18N2O3/c1-10(16)15-13(9-18-2,12(14)17)8-11-6-4-3-5-7-11/h3-7H,8-9H2,1-2H3,(H2,14,17)(H,15,16). The van der Waals surface area contributed by atoms with Gasteiger partial charge in [-0.05, 0) is 5.56 Å². The molecule has 0 radical (unpaired) electrons. The molecule has 98 valence electrons. The first kappa shape index (κ1) is 14.2. The van der Waals surface area contributed by atoms with Crippen LogP contribution in [-0.2, 0) is 20.7 Å². The number of carbonyl (C=O) groups excluding carboxylic acids is 2. The van der Waals surface area contributed by atoms with Crippen LogP contribution in [0.2, 0.25) is 0 Å². The zero-order valence-electron chi connectivity index (χ0n) is 10.6. The molecule has 0 spiro atoms. The van der Waals surface area contributed by atoms with Gasteiger partial charge in [-0.1, -0.05) is 30.3 Å². The first-order valence-corrected chi connectivity index (χ1v) is 5.62. The maximum absolute atomic E-state index is 11.7. The van der Waals surface area contributed by atoms with Crippen molar-refractivity contribution in [1.29, 1.82) is 0 Å².